The Morgan fingerprint density at radius 2 is 1.82 bits per heavy atom. The Morgan fingerprint density at radius 1 is 1.07 bits per heavy atom. The van der Waals surface area contributed by atoms with Crippen LogP contribution in [0.25, 0.3) is 10.9 Å². The maximum Gasteiger partial charge on any atom is 0.262 e. The molecule has 0 aliphatic carbocycles. The van der Waals surface area contributed by atoms with Crippen LogP contribution in [0.2, 0.25) is 0 Å². The number of anilines is 1. The maximum absolute atomic E-state index is 13.6. The number of ether oxygens (including phenoxy) is 3. The third kappa shape index (κ3) is 7.01. The minimum absolute atomic E-state index is 0.0318. The van der Waals surface area contributed by atoms with Crippen LogP contribution in [0, 0.1) is 0 Å². The van der Waals surface area contributed by atoms with Crippen LogP contribution in [-0.2, 0) is 20.8 Å². The van der Waals surface area contributed by atoms with Crippen LogP contribution in [0.5, 0.6) is 5.75 Å². The van der Waals surface area contributed by atoms with Gasteiger partial charge in [-0.3, -0.25) is 19.0 Å². The number of hydrogen-bond acceptors (Lipinski definition) is 8. The van der Waals surface area contributed by atoms with E-state index in [9.17, 15) is 14.4 Å². The molecule has 40 heavy (non-hydrogen) atoms. The second-order valence-electron chi connectivity index (χ2n) is 9.82. The van der Waals surface area contributed by atoms with E-state index in [-0.39, 0.29) is 35.3 Å². The molecule has 0 bridgehead atoms. The van der Waals surface area contributed by atoms with Crippen LogP contribution >= 0.6 is 11.8 Å². The van der Waals surface area contributed by atoms with Crippen LogP contribution < -0.4 is 20.9 Å². The third-order valence-electron chi connectivity index (χ3n) is 6.89. The van der Waals surface area contributed by atoms with Crippen molar-refractivity contribution in [2.24, 2.45) is 0 Å². The van der Waals surface area contributed by atoms with Gasteiger partial charge in [-0.2, -0.15) is 0 Å². The number of thioether (sulfide) groups is 1. The number of hydrogen-bond donors (Lipinski definition) is 2. The summed E-state index contributed by atoms with van der Waals surface area (Å²) in [7, 11) is 0. The van der Waals surface area contributed by atoms with E-state index in [4.69, 9.17) is 19.2 Å². The molecule has 2 saturated heterocycles. The number of carbonyl (C=O) groups excluding carboxylic acids is 2. The number of amides is 2. The molecule has 2 aliphatic rings. The smallest absolute Gasteiger partial charge is 0.262 e. The highest BCUT2D eigenvalue weighted by Crippen LogP contribution is 2.23. The van der Waals surface area contributed by atoms with Crippen molar-refractivity contribution in [2.45, 2.75) is 56.5 Å². The first-order valence-electron chi connectivity index (χ1n) is 13.7. The van der Waals surface area contributed by atoms with E-state index in [1.807, 2.05) is 6.92 Å². The predicted octanol–water partition coefficient (Wildman–Crippen LogP) is 3.61. The molecule has 2 amide bonds. The summed E-state index contributed by atoms with van der Waals surface area (Å²) in [5.41, 5.74) is 1.25. The summed E-state index contributed by atoms with van der Waals surface area (Å²) in [5.74, 6) is 0.313. The monoisotopic (exact) mass is 566 g/mol. The molecule has 1 aromatic heterocycles. The Labute approximate surface area is 236 Å². The first-order chi connectivity index (χ1) is 19.5. The highest BCUT2D eigenvalue weighted by atomic mass is 32.2. The molecule has 212 valence electrons. The fourth-order valence-electron chi connectivity index (χ4n) is 4.85. The summed E-state index contributed by atoms with van der Waals surface area (Å²) >= 11 is 1.18. The van der Waals surface area contributed by atoms with Crippen LogP contribution in [0.3, 0.4) is 0 Å². The van der Waals surface area contributed by atoms with Crippen molar-refractivity contribution < 1.29 is 23.8 Å². The van der Waals surface area contributed by atoms with Gasteiger partial charge in [0, 0.05) is 31.0 Å². The maximum atomic E-state index is 13.6. The second-order valence-corrected chi connectivity index (χ2v) is 10.8. The number of carbonyl (C=O) groups is 2. The molecule has 5 rings (SSSR count). The Balaban J connectivity index is 1.34. The molecule has 3 aromatic rings. The summed E-state index contributed by atoms with van der Waals surface area (Å²) in [6.45, 7) is 4.66. The van der Waals surface area contributed by atoms with Crippen molar-refractivity contribution in [1.82, 2.24) is 14.9 Å². The van der Waals surface area contributed by atoms with E-state index >= 15 is 0 Å². The van der Waals surface area contributed by atoms with Gasteiger partial charge in [0.1, 0.15) is 5.75 Å². The lowest BCUT2D eigenvalue weighted by Gasteiger charge is -2.17. The summed E-state index contributed by atoms with van der Waals surface area (Å²) < 4.78 is 18.4. The van der Waals surface area contributed by atoms with Gasteiger partial charge < -0.3 is 24.8 Å². The topological polar surface area (TPSA) is 121 Å². The van der Waals surface area contributed by atoms with E-state index < -0.39 is 0 Å². The number of nitrogens with zero attached hydrogens (tertiary/aromatic N) is 2. The highest BCUT2D eigenvalue weighted by Gasteiger charge is 2.22. The first-order valence-corrected chi connectivity index (χ1v) is 14.7. The largest absolute Gasteiger partial charge is 0.494 e. The molecule has 10 nitrogen and oxygen atoms in total. The second kappa shape index (κ2) is 13.3. The van der Waals surface area contributed by atoms with Crippen LogP contribution in [0.1, 0.15) is 43.0 Å². The average molecular weight is 567 g/mol. The molecule has 2 aliphatic heterocycles. The summed E-state index contributed by atoms with van der Waals surface area (Å²) in [5, 5.41) is 6.60. The number of rotatable bonds is 11. The van der Waals surface area contributed by atoms with Gasteiger partial charge in [-0.15, -0.1) is 0 Å². The lowest BCUT2D eigenvalue weighted by Crippen LogP contribution is -2.32. The fraction of sp³-hybridized carbons (Fsp3) is 0.448. The molecule has 2 atom stereocenters. The zero-order valence-electron chi connectivity index (χ0n) is 22.5. The Morgan fingerprint density at radius 3 is 2.52 bits per heavy atom. The average Bonchev–Trinajstić information content (AvgIpc) is 3.68. The third-order valence-corrected chi connectivity index (χ3v) is 7.86. The standard InChI is InChI=1S/C29H34N4O6S/c1-2-37-21-10-8-20(9-11-21)31-26(34)18-40-29-32-25-15-19(27(35)30-16-22-5-3-13-38-22)7-12-24(25)28(36)33(29)17-23-6-4-14-39-23/h7-12,15,22-23H,2-6,13-14,16-18H2,1H3,(H,30,35)(H,31,34). The zero-order valence-corrected chi connectivity index (χ0v) is 23.3. The van der Waals surface area contributed by atoms with Gasteiger partial charge in [0.25, 0.3) is 11.5 Å². The Bertz CT molecular complexity index is 1400. The molecule has 2 unspecified atom stereocenters. The minimum Gasteiger partial charge on any atom is -0.494 e. The van der Waals surface area contributed by atoms with E-state index in [1.54, 1.807) is 47.0 Å². The van der Waals surface area contributed by atoms with E-state index in [0.717, 1.165) is 38.0 Å². The molecular weight excluding hydrogens is 532 g/mol. The van der Waals surface area contributed by atoms with Crippen LogP contribution in [0.15, 0.2) is 52.4 Å². The molecule has 3 heterocycles. The van der Waals surface area contributed by atoms with Gasteiger partial charge >= 0.3 is 0 Å². The van der Waals surface area contributed by atoms with Crippen LogP contribution in [0.4, 0.5) is 5.69 Å². The predicted molar refractivity (Wildman–Crippen MR) is 153 cm³/mol. The molecule has 11 heteroatoms. The number of fused-ring (bicyclic) bond motifs is 1. The summed E-state index contributed by atoms with van der Waals surface area (Å²) in [6, 6.07) is 12.1. The molecule has 2 aromatic carbocycles. The normalized spacial score (nSPS) is 18.6. The molecular formula is C29H34N4O6S. The van der Waals surface area contributed by atoms with E-state index in [0.29, 0.717) is 53.6 Å². The Hall–Kier alpha value is -3.41. The van der Waals surface area contributed by atoms with Crippen molar-refractivity contribution in [2.75, 3.05) is 37.4 Å². The van der Waals surface area contributed by atoms with Crippen molar-refractivity contribution in [1.29, 1.82) is 0 Å². The van der Waals surface area contributed by atoms with Gasteiger partial charge in [-0.1, -0.05) is 11.8 Å². The molecule has 0 spiro atoms. The van der Waals surface area contributed by atoms with Crippen molar-refractivity contribution in [3.63, 3.8) is 0 Å². The van der Waals surface area contributed by atoms with Crippen LogP contribution in [-0.4, -0.2) is 65.7 Å². The lowest BCUT2D eigenvalue weighted by molar-refractivity contribution is -0.113. The van der Waals surface area contributed by atoms with Crippen molar-refractivity contribution >= 4 is 40.2 Å². The van der Waals surface area contributed by atoms with Crippen molar-refractivity contribution in [3.05, 3.63) is 58.4 Å². The number of aromatic nitrogens is 2. The van der Waals surface area contributed by atoms with Gasteiger partial charge in [0.2, 0.25) is 5.91 Å². The van der Waals surface area contributed by atoms with Crippen molar-refractivity contribution in [3.8, 4) is 5.75 Å². The first kappa shape index (κ1) is 28.1. The minimum atomic E-state index is -0.244. The SMILES string of the molecule is CCOc1ccc(NC(=O)CSc2nc3cc(C(=O)NCC4CCCO4)ccc3c(=O)n2CC2CCCO2)cc1. The Kier molecular flexibility index (Phi) is 9.35. The quantitative estimate of drug-likeness (QED) is 0.267. The van der Waals surface area contributed by atoms with Gasteiger partial charge in [0.05, 0.1) is 42.0 Å². The molecule has 0 radical (unpaired) electrons. The molecule has 0 saturated carbocycles. The molecule has 2 N–H and O–H groups in total. The van der Waals surface area contributed by atoms with E-state index in [2.05, 4.69) is 10.6 Å². The number of benzene rings is 2. The summed E-state index contributed by atoms with van der Waals surface area (Å²) in [6.07, 6.45) is 3.67. The highest BCUT2D eigenvalue weighted by molar-refractivity contribution is 7.99. The van der Waals surface area contributed by atoms with E-state index in [1.165, 1.54) is 11.8 Å². The van der Waals surface area contributed by atoms with Gasteiger partial charge in [-0.25, -0.2) is 4.98 Å². The fourth-order valence-corrected chi connectivity index (χ4v) is 5.66. The van der Waals surface area contributed by atoms with Gasteiger partial charge in [-0.05, 0) is 75.1 Å². The summed E-state index contributed by atoms with van der Waals surface area (Å²) in [4.78, 5) is 43.9. The molecule has 2 fully saturated rings. The van der Waals surface area contributed by atoms with Gasteiger partial charge in [0.15, 0.2) is 5.16 Å². The number of nitrogens with one attached hydrogen (secondary N) is 2. The lowest BCUT2D eigenvalue weighted by atomic mass is 10.1. The zero-order chi connectivity index (χ0) is 27.9.